The molecule has 2 heterocycles. The number of halogens is 3. The number of anilines is 1. The average Bonchev–Trinajstić information content (AvgIpc) is 3.25. The van der Waals surface area contributed by atoms with Gasteiger partial charge in [0, 0.05) is 32.4 Å². The molecule has 1 aromatic heterocycles. The SMILES string of the molecule is CCNC(=NCc1ccc(N2CCCC2)nc1)NCc1cccc(C(F)(F)F)c1. The Labute approximate surface area is 169 Å². The van der Waals surface area contributed by atoms with E-state index in [1.807, 2.05) is 25.3 Å². The third-order valence-electron chi connectivity index (χ3n) is 4.72. The van der Waals surface area contributed by atoms with Crippen LogP contribution in [-0.2, 0) is 19.3 Å². The van der Waals surface area contributed by atoms with Gasteiger partial charge in [-0.25, -0.2) is 9.98 Å². The Kier molecular flexibility index (Phi) is 6.95. The number of alkyl halides is 3. The van der Waals surface area contributed by atoms with Crippen LogP contribution in [0.25, 0.3) is 0 Å². The van der Waals surface area contributed by atoms with Crippen LogP contribution in [0.4, 0.5) is 19.0 Å². The molecule has 5 nitrogen and oxygen atoms in total. The first-order valence-corrected chi connectivity index (χ1v) is 9.84. The number of guanidine groups is 1. The molecule has 2 N–H and O–H groups in total. The number of hydrogen-bond acceptors (Lipinski definition) is 3. The molecule has 1 aliphatic heterocycles. The lowest BCUT2D eigenvalue weighted by atomic mass is 10.1. The molecule has 0 atom stereocenters. The fourth-order valence-corrected chi connectivity index (χ4v) is 3.20. The van der Waals surface area contributed by atoms with Crippen molar-refractivity contribution in [3.8, 4) is 0 Å². The van der Waals surface area contributed by atoms with Crippen LogP contribution >= 0.6 is 0 Å². The maximum atomic E-state index is 12.9. The van der Waals surface area contributed by atoms with E-state index >= 15 is 0 Å². The first-order chi connectivity index (χ1) is 14.0. The molecular weight excluding hydrogens is 379 g/mol. The molecule has 0 bridgehead atoms. The fourth-order valence-electron chi connectivity index (χ4n) is 3.20. The second kappa shape index (κ2) is 9.62. The summed E-state index contributed by atoms with van der Waals surface area (Å²) in [5.41, 5.74) is 0.870. The molecule has 0 saturated carbocycles. The monoisotopic (exact) mass is 405 g/mol. The summed E-state index contributed by atoms with van der Waals surface area (Å²) in [4.78, 5) is 11.3. The van der Waals surface area contributed by atoms with E-state index in [1.165, 1.54) is 18.9 Å². The predicted octanol–water partition coefficient (Wildman–Crippen LogP) is 3.96. The van der Waals surface area contributed by atoms with E-state index in [4.69, 9.17) is 0 Å². The second-order valence-corrected chi connectivity index (χ2v) is 6.97. The largest absolute Gasteiger partial charge is 0.416 e. The lowest BCUT2D eigenvalue weighted by Gasteiger charge is -2.16. The number of benzene rings is 1. The van der Waals surface area contributed by atoms with Gasteiger partial charge in [0.1, 0.15) is 5.82 Å². The van der Waals surface area contributed by atoms with Gasteiger partial charge in [0.15, 0.2) is 5.96 Å². The summed E-state index contributed by atoms with van der Waals surface area (Å²) in [5, 5.41) is 6.20. The summed E-state index contributed by atoms with van der Waals surface area (Å²) in [6.45, 7) is 5.38. The van der Waals surface area contributed by atoms with Gasteiger partial charge in [0.25, 0.3) is 0 Å². The van der Waals surface area contributed by atoms with Crippen LogP contribution in [0.1, 0.15) is 36.5 Å². The molecule has 0 unspecified atom stereocenters. The van der Waals surface area contributed by atoms with Crippen molar-refractivity contribution in [3.63, 3.8) is 0 Å². The van der Waals surface area contributed by atoms with Gasteiger partial charge in [-0.1, -0.05) is 18.2 Å². The Morgan fingerprint density at radius 3 is 2.55 bits per heavy atom. The Morgan fingerprint density at radius 2 is 1.90 bits per heavy atom. The van der Waals surface area contributed by atoms with Crippen LogP contribution < -0.4 is 15.5 Å². The van der Waals surface area contributed by atoms with Gasteiger partial charge in [-0.05, 0) is 49.1 Å². The van der Waals surface area contributed by atoms with Crippen molar-refractivity contribution in [3.05, 3.63) is 59.3 Å². The third kappa shape index (κ3) is 6.10. The first-order valence-electron chi connectivity index (χ1n) is 9.84. The second-order valence-electron chi connectivity index (χ2n) is 6.97. The average molecular weight is 405 g/mol. The molecule has 0 spiro atoms. The van der Waals surface area contributed by atoms with Crippen LogP contribution in [0.3, 0.4) is 0 Å². The van der Waals surface area contributed by atoms with Crippen LogP contribution in [0.15, 0.2) is 47.6 Å². The number of aromatic nitrogens is 1. The van der Waals surface area contributed by atoms with Crippen molar-refractivity contribution in [1.82, 2.24) is 15.6 Å². The maximum absolute atomic E-state index is 12.9. The zero-order valence-corrected chi connectivity index (χ0v) is 16.5. The normalized spacial score (nSPS) is 14.9. The van der Waals surface area contributed by atoms with Gasteiger partial charge < -0.3 is 15.5 Å². The van der Waals surface area contributed by atoms with E-state index in [2.05, 4.69) is 25.5 Å². The van der Waals surface area contributed by atoms with Crippen molar-refractivity contribution in [2.24, 2.45) is 4.99 Å². The standard InChI is InChI=1S/C21H26F3N5/c1-2-25-20(27-13-16-6-5-7-18(12-16)21(22,23)24)28-15-17-8-9-19(26-14-17)29-10-3-4-11-29/h5-9,12,14H,2-4,10-11,13,15H2,1H3,(H2,25,27,28). The summed E-state index contributed by atoms with van der Waals surface area (Å²) in [7, 11) is 0. The molecule has 29 heavy (non-hydrogen) atoms. The topological polar surface area (TPSA) is 52.6 Å². The van der Waals surface area contributed by atoms with Gasteiger partial charge in [-0.15, -0.1) is 0 Å². The molecule has 1 aromatic carbocycles. The zero-order chi connectivity index (χ0) is 20.7. The van der Waals surface area contributed by atoms with Gasteiger partial charge in [0.05, 0.1) is 12.1 Å². The Balaban J connectivity index is 1.59. The minimum Gasteiger partial charge on any atom is -0.357 e. The number of hydrogen-bond donors (Lipinski definition) is 2. The van der Waals surface area contributed by atoms with E-state index in [0.717, 1.165) is 36.6 Å². The van der Waals surface area contributed by atoms with Gasteiger partial charge >= 0.3 is 6.18 Å². The maximum Gasteiger partial charge on any atom is 0.416 e. The number of nitrogens with zero attached hydrogens (tertiary/aromatic N) is 3. The quantitative estimate of drug-likeness (QED) is 0.564. The summed E-state index contributed by atoms with van der Waals surface area (Å²) >= 11 is 0. The lowest BCUT2D eigenvalue weighted by molar-refractivity contribution is -0.137. The summed E-state index contributed by atoms with van der Waals surface area (Å²) in [5.74, 6) is 1.54. The first kappa shape index (κ1) is 21.0. The Hall–Kier alpha value is -2.77. The van der Waals surface area contributed by atoms with Gasteiger partial charge in [-0.3, -0.25) is 0 Å². The fraction of sp³-hybridized carbons (Fsp3) is 0.429. The van der Waals surface area contributed by atoms with Crippen LogP contribution in [0, 0.1) is 0 Å². The smallest absolute Gasteiger partial charge is 0.357 e. The molecule has 3 rings (SSSR count). The molecule has 8 heteroatoms. The molecule has 0 radical (unpaired) electrons. The number of rotatable bonds is 6. The van der Waals surface area contributed by atoms with Crippen molar-refractivity contribution < 1.29 is 13.2 Å². The van der Waals surface area contributed by atoms with Crippen LogP contribution in [0.2, 0.25) is 0 Å². The lowest BCUT2D eigenvalue weighted by Crippen LogP contribution is -2.36. The highest BCUT2D eigenvalue weighted by atomic mass is 19.4. The number of aliphatic imine (C=N–C) groups is 1. The summed E-state index contributed by atoms with van der Waals surface area (Å²) in [6.07, 6.45) is -0.106. The predicted molar refractivity (Wildman–Crippen MR) is 109 cm³/mol. The highest BCUT2D eigenvalue weighted by Crippen LogP contribution is 2.29. The van der Waals surface area contributed by atoms with Crippen molar-refractivity contribution in [2.45, 2.75) is 39.0 Å². The molecule has 0 aliphatic carbocycles. The minimum absolute atomic E-state index is 0.252. The highest BCUT2D eigenvalue weighted by molar-refractivity contribution is 5.79. The molecule has 1 aliphatic rings. The minimum atomic E-state index is -4.34. The Bertz CT molecular complexity index is 812. The molecule has 0 amide bonds. The summed E-state index contributed by atoms with van der Waals surface area (Å²) < 4.78 is 38.6. The number of nitrogens with one attached hydrogen (secondary N) is 2. The molecule has 1 fully saturated rings. The van der Waals surface area contributed by atoms with Crippen LogP contribution in [0.5, 0.6) is 0 Å². The van der Waals surface area contributed by atoms with E-state index in [-0.39, 0.29) is 6.54 Å². The molecule has 2 aromatic rings. The zero-order valence-electron chi connectivity index (χ0n) is 16.5. The van der Waals surface area contributed by atoms with E-state index in [9.17, 15) is 13.2 Å². The molecule has 1 saturated heterocycles. The summed E-state index contributed by atoms with van der Waals surface area (Å²) in [6, 6.07) is 9.32. The van der Waals surface area contributed by atoms with E-state index < -0.39 is 11.7 Å². The van der Waals surface area contributed by atoms with Crippen molar-refractivity contribution >= 4 is 11.8 Å². The third-order valence-corrected chi connectivity index (χ3v) is 4.72. The van der Waals surface area contributed by atoms with Gasteiger partial charge in [0.2, 0.25) is 0 Å². The Morgan fingerprint density at radius 1 is 1.10 bits per heavy atom. The van der Waals surface area contributed by atoms with Crippen molar-refractivity contribution in [1.29, 1.82) is 0 Å². The highest BCUT2D eigenvalue weighted by Gasteiger charge is 2.30. The molecule has 156 valence electrons. The van der Waals surface area contributed by atoms with E-state index in [0.29, 0.717) is 24.6 Å². The van der Waals surface area contributed by atoms with Gasteiger partial charge in [-0.2, -0.15) is 13.2 Å². The van der Waals surface area contributed by atoms with Crippen molar-refractivity contribution in [2.75, 3.05) is 24.5 Å². The number of pyridine rings is 1. The van der Waals surface area contributed by atoms with E-state index in [1.54, 1.807) is 6.07 Å². The molecular formula is C21H26F3N5. The van der Waals surface area contributed by atoms with Crippen LogP contribution in [-0.4, -0.2) is 30.6 Å².